The molecule has 0 aliphatic rings. The lowest BCUT2D eigenvalue weighted by Gasteiger charge is -2.15. The van der Waals surface area contributed by atoms with E-state index in [1.165, 1.54) is 0 Å². The summed E-state index contributed by atoms with van der Waals surface area (Å²) in [6, 6.07) is 3.24. The van der Waals surface area contributed by atoms with Crippen LogP contribution in [-0.4, -0.2) is 12.4 Å². The SMILES string of the molecule is CCCC(CS)COc1cc(Cl)c(Cl)cc1Cl. The van der Waals surface area contributed by atoms with Gasteiger partial charge in [-0.05, 0) is 18.2 Å². The van der Waals surface area contributed by atoms with Crippen molar-refractivity contribution in [2.45, 2.75) is 19.8 Å². The summed E-state index contributed by atoms with van der Waals surface area (Å²) in [6.45, 7) is 2.73. The Kier molecular flexibility index (Phi) is 6.86. The molecule has 0 amide bonds. The number of benzene rings is 1. The van der Waals surface area contributed by atoms with Gasteiger partial charge in [0.2, 0.25) is 0 Å². The monoisotopic (exact) mass is 312 g/mol. The lowest BCUT2D eigenvalue weighted by Crippen LogP contribution is -2.13. The van der Waals surface area contributed by atoms with Crippen LogP contribution in [0.25, 0.3) is 0 Å². The fourth-order valence-corrected chi connectivity index (χ4v) is 2.34. The maximum Gasteiger partial charge on any atom is 0.139 e. The van der Waals surface area contributed by atoms with Gasteiger partial charge >= 0.3 is 0 Å². The molecule has 0 saturated heterocycles. The molecule has 96 valence electrons. The largest absolute Gasteiger partial charge is 0.492 e. The van der Waals surface area contributed by atoms with E-state index in [4.69, 9.17) is 39.5 Å². The first-order valence-electron chi connectivity index (χ1n) is 5.46. The average molecular weight is 314 g/mol. The third-order valence-corrected chi connectivity index (χ3v) is 3.94. The van der Waals surface area contributed by atoms with Crippen LogP contribution in [0.2, 0.25) is 15.1 Å². The van der Waals surface area contributed by atoms with Crippen molar-refractivity contribution in [3.05, 3.63) is 27.2 Å². The molecular weight excluding hydrogens is 299 g/mol. The van der Waals surface area contributed by atoms with Crippen molar-refractivity contribution >= 4 is 47.4 Å². The van der Waals surface area contributed by atoms with Crippen molar-refractivity contribution in [1.82, 2.24) is 0 Å². The molecule has 0 spiro atoms. The summed E-state index contributed by atoms with van der Waals surface area (Å²) in [7, 11) is 0. The summed E-state index contributed by atoms with van der Waals surface area (Å²) in [5, 5.41) is 1.36. The summed E-state index contributed by atoms with van der Waals surface area (Å²) in [5.41, 5.74) is 0. The quantitative estimate of drug-likeness (QED) is 0.548. The van der Waals surface area contributed by atoms with Gasteiger partial charge in [0.15, 0.2) is 0 Å². The van der Waals surface area contributed by atoms with Crippen molar-refractivity contribution in [1.29, 1.82) is 0 Å². The van der Waals surface area contributed by atoms with Gasteiger partial charge in [-0.2, -0.15) is 12.6 Å². The zero-order valence-corrected chi connectivity index (χ0v) is 12.7. The Morgan fingerprint density at radius 2 is 1.82 bits per heavy atom. The van der Waals surface area contributed by atoms with Crippen molar-refractivity contribution in [3.63, 3.8) is 0 Å². The van der Waals surface area contributed by atoms with Crippen molar-refractivity contribution in [2.75, 3.05) is 12.4 Å². The first-order valence-corrected chi connectivity index (χ1v) is 7.23. The van der Waals surface area contributed by atoms with Crippen LogP contribution in [0.3, 0.4) is 0 Å². The van der Waals surface area contributed by atoms with Gasteiger partial charge in [-0.15, -0.1) is 0 Å². The van der Waals surface area contributed by atoms with Gasteiger partial charge in [0, 0.05) is 12.0 Å². The molecule has 1 rings (SSSR count). The Bertz CT molecular complexity index is 371. The summed E-state index contributed by atoms with van der Waals surface area (Å²) in [4.78, 5) is 0. The third kappa shape index (κ3) is 4.78. The van der Waals surface area contributed by atoms with E-state index in [2.05, 4.69) is 19.6 Å². The Balaban J connectivity index is 2.65. The molecule has 0 aliphatic carbocycles. The molecule has 0 aromatic heterocycles. The molecule has 0 bridgehead atoms. The predicted octanol–water partition coefficient (Wildman–Crippen LogP) is 5.37. The Labute approximate surface area is 123 Å². The summed E-state index contributed by atoms with van der Waals surface area (Å²) in [6.07, 6.45) is 2.20. The van der Waals surface area contributed by atoms with E-state index in [0.717, 1.165) is 18.6 Å². The fraction of sp³-hybridized carbons (Fsp3) is 0.500. The van der Waals surface area contributed by atoms with E-state index in [1.54, 1.807) is 12.1 Å². The minimum absolute atomic E-state index is 0.425. The van der Waals surface area contributed by atoms with E-state index in [0.29, 0.717) is 33.3 Å². The third-order valence-electron chi connectivity index (χ3n) is 2.40. The van der Waals surface area contributed by atoms with Crippen LogP contribution < -0.4 is 4.74 Å². The van der Waals surface area contributed by atoms with Crippen molar-refractivity contribution in [2.24, 2.45) is 5.92 Å². The van der Waals surface area contributed by atoms with Gasteiger partial charge in [0.1, 0.15) is 5.75 Å². The first-order chi connectivity index (χ1) is 8.08. The molecule has 0 saturated carbocycles. The molecule has 5 heteroatoms. The molecule has 1 aromatic carbocycles. The van der Waals surface area contributed by atoms with Gasteiger partial charge in [-0.1, -0.05) is 48.1 Å². The number of hydrogen-bond acceptors (Lipinski definition) is 2. The second kappa shape index (κ2) is 7.63. The summed E-state index contributed by atoms with van der Waals surface area (Å²) in [5.74, 6) is 1.80. The van der Waals surface area contributed by atoms with Gasteiger partial charge in [-0.25, -0.2) is 0 Å². The highest BCUT2D eigenvalue weighted by atomic mass is 35.5. The predicted molar refractivity (Wildman–Crippen MR) is 79.2 cm³/mol. The number of rotatable bonds is 6. The number of thiol groups is 1. The molecular formula is C12H15Cl3OS. The standard InChI is InChI=1S/C12H15Cl3OS/c1-2-3-8(7-17)6-16-12-5-10(14)9(13)4-11(12)15/h4-5,8,17H,2-3,6-7H2,1H3. The van der Waals surface area contributed by atoms with Crippen LogP contribution in [-0.2, 0) is 0 Å². The minimum Gasteiger partial charge on any atom is -0.492 e. The topological polar surface area (TPSA) is 9.23 Å². The molecule has 1 aromatic rings. The number of hydrogen-bond donors (Lipinski definition) is 1. The van der Waals surface area contributed by atoms with E-state index in [1.807, 2.05) is 0 Å². The Hall–Kier alpha value is 0.240. The highest BCUT2D eigenvalue weighted by Crippen LogP contribution is 2.34. The van der Waals surface area contributed by atoms with Gasteiger partial charge in [0.05, 0.1) is 21.7 Å². The molecule has 0 N–H and O–H groups in total. The van der Waals surface area contributed by atoms with Crippen LogP contribution in [0.5, 0.6) is 5.75 Å². The van der Waals surface area contributed by atoms with Crippen LogP contribution in [0.15, 0.2) is 12.1 Å². The van der Waals surface area contributed by atoms with Crippen molar-refractivity contribution < 1.29 is 4.74 Å². The molecule has 1 atom stereocenters. The van der Waals surface area contributed by atoms with Gasteiger partial charge in [-0.3, -0.25) is 0 Å². The minimum atomic E-state index is 0.425. The highest BCUT2D eigenvalue weighted by molar-refractivity contribution is 7.80. The van der Waals surface area contributed by atoms with Gasteiger partial charge in [0.25, 0.3) is 0 Å². The normalized spacial score (nSPS) is 12.5. The van der Waals surface area contributed by atoms with Crippen LogP contribution >= 0.6 is 47.4 Å². The van der Waals surface area contributed by atoms with Crippen LogP contribution in [0.1, 0.15) is 19.8 Å². The smallest absolute Gasteiger partial charge is 0.139 e. The summed E-state index contributed by atoms with van der Waals surface area (Å²) >= 11 is 22.1. The second-order valence-electron chi connectivity index (χ2n) is 3.85. The Morgan fingerprint density at radius 3 is 2.41 bits per heavy atom. The van der Waals surface area contributed by atoms with E-state index >= 15 is 0 Å². The van der Waals surface area contributed by atoms with Crippen molar-refractivity contribution in [3.8, 4) is 5.75 Å². The molecule has 0 heterocycles. The van der Waals surface area contributed by atoms with Crippen LogP contribution in [0.4, 0.5) is 0 Å². The first kappa shape index (κ1) is 15.3. The molecule has 1 nitrogen and oxygen atoms in total. The average Bonchev–Trinajstić information content (AvgIpc) is 2.30. The maximum atomic E-state index is 6.02. The highest BCUT2D eigenvalue weighted by Gasteiger charge is 2.10. The fourth-order valence-electron chi connectivity index (χ4n) is 1.46. The van der Waals surface area contributed by atoms with E-state index < -0.39 is 0 Å². The number of halogens is 3. The molecule has 0 aliphatic heterocycles. The molecule has 1 unspecified atom stereocenters. The lowest BCUT2D eigenvalue weighted by molar-refractivity contribution is 0.255. The second-order valence-corrected chi connectivity index (χ2v) is 5.43. The lowest BCUT2D eigenvalue weighted by atomic mass is 10.1. The zero-order chi connectivity index (χ0) is 12.8. The summed E-state index contributed by atoms with van der Waals surface area (Å²) < 4.78 is 5.65. The van der Waals surface area contributed by atoms with Crippen LogP contribution in [0, 0.1) is 5.92 Å². The van der Waals surface area contributed by atoms with E-state index in [-0.39, 0.29) is 0 Å². The van der Waals surface area contributed by atoms with Gasteiger partial charge < -0.3 is 4.74 Å². The molecule has 0 fully saturated rings. The Morgan fingerprint density at radius 1 is 1.18 bits per heavy atom. The molecule has 17 heavy (non-hydrogen) atoms. The molecule has 0 radical (unpaired) electrons. The zero-order valence-electron chi connectivity index (χ0n) is 9.55. The maximum absolute atomic E-state index is 6.02. The van der Waals surface area contributed by atoms with E-state index in [9.17, 15) is 0 Å². The number of ether oxygens (including phenoxy) is 1.